The second kappa shape index (κ2) is 11.7. The molecular formula is C21H33BrN2O3. The number of hydrogen-bond donors (Lipinski definition) is 1. The Morgan fingerprint density at radius 1 is 1.19 bits per heavy atom. The number of ether oxygens (including phenoxy) is 2. The van der Waals surface area contributed by atoms with Crippen LogP contribution in [0.15, 0.2) is 28.7 Å². The number of likely N-dealkylation sites (tertiary alicyclic amines) is 1. The molecule has 1 heterocycles. The maximum atomic E-state index is 12.2. The van der Waals surface area contributed by atoms with E-state index in [0.717, 1.165) is 49.1 Å². The van der Waals surface area contributed by atoms with Crippen molar-refractivity contribution in [2.45, 2.75) is 52.2 Å². The number of carbonyl (C=O) groups is 1. The van der Waals surface area contributed by atoms with Gasteiger partial charge in [-0.15, -0.1) is 0 Å². The normalized spacial score (nSPS) is 17.1. The summed E-state index contributed by atoms with van der Waals surface area (Å²) in [7, 11) is 0. The molecule has 1 aromatic rings. The Morgan fingerprint density at radius 3 is 2.48 bits per heavy atom. The molecule has 1 amide bonds. The molecule has 1 aliphatic heterocycles. The summed E-state index contributed by atoms with van der Waals surface area (Å²) in [6, 6.07) is 8.15. The number of halogens is 1. The van der Waals surface area contributed by atoms with Crippen LogP contribution in [0, 0.1) is 5.92 Å². The Kier molecular flexibility index (Phi) is 9.59. The van der Waals surface area contributed by atoms with Crippen molar-refractivity contribution >= 4 is 21.8 Å². The Morgan fingerprint density at radius 2 is 1.85 bits per heavy atom. The molecule has 0 unspecified atom stereocenters. The molecule has 1 fully saturated rings. The summed E-state index contributed by atoms with van der Waals surface area (Å²) in [5.41, 5.74) is 0. The number of nitrogens with one attached hydrogen (secondary N) is 1. The minimum Gasteiger partial charge on any atom is -0.492 e. The number of nitrogens with zero attached hydrogens (tertiary/aromatic N) is 1. The van der Waals surface area contributed by atoms with Crippen molar-refractivity contribution in [2.75, 3.05) is 32.8 Å². The smallest absolute Gasteiger partial charge is 0.249 e. The average molecular weight is 441 g/mol. The molecule has 6 heteroatoms. The van der Waals surface area contributed by atoms with Crippen LogP contribution in [0.1, 0.15) is 40.0 Å². The van der Waals surface area contributed by atoms with E-state index in [0.29, 0.717) is 19.1 Å². The molecule has 152 valence electrons. The molecule has 0 aliphatic carbocycles. The Bertz CT molecular complexity index is 557. The Balaban J connectivity index is 1.59. The molecule has 0 aromatic heterocycles. The zero-order chi connectivity index (χ0) is 19.6. The molecule has 1 aliphatic rings. The molecule has 0 bridgehead atoms. The van der Waals surface area contributed by atoms with E-state index < -0.39 is 0 Å². The Hall–Kier alpha value is -1.11. The molecular weight excluding hydrogens is 408 g/mol. The zero-order valence-corrected chi connectivity index (χ0v) is 18.3. The summed E-state index contributed by atoms with van der Waals surface area (Å²) in [6.07, 6.45) is 2.56. The van der Waals surface area contributed by atoms with Crippen molar-refractivity contribution in [1.29, 1.82) is 0 Å². The lowest BCUT2D eigenvalue weighted by molar-refractivity contribution is -0.133. The predicted molar refractivity (Wildman–Crippen MR) is 112 cm³/mol. The van der Waals surface area contributed by atoms with E-state index >= 15 is 0 Å². The van der Waals surface area contributed by atoms with Gasteiger partial charge in [0.15, 0.2) is 0 Å². The minimum atomic E-state index is -0.374. The summed E-state index contributed by atoms with van der Waals surface area (Å²) < 4.78 is 12.5. The molecule has 1 atom stereocenters. The molecule has 0 spiro atoms. The van der Waals surface area contributed by atoms with Gasteiger partial charge >= 0.3 is 0 Å². The van der Waals surface area contributed by atoms with E-state index in [1.165, 1.54) is 0 Å². The number of hydrogen-bond acceptors (Lipinski definition) is 4. The number of carbonyl (C=O) groups excluding carboxylic acids is 1. The van der Waals surface area contributed by atoms with Crippen LogP contribution >= 0.6 is 15.9 Å². The van der Waals surface area contributed by atoms with Crippen LogP contribution in [0.5, 0.6) is 5.75 Å². The van der Waals surface area contributed by atoms with Crippen molar-refractivity contribution in [3.8, 4) is 5.75 Å². The van der Waals surface area contributed by atoms with E-state index in [2.05, 4.69) is 40.0 Å². The first-order chi connectivity index (χ1) is 12.9. The fourth-order valence-corrected chi connectivity index (χ4v) is 3.26. The lowest BCUT2D eigenvalue weighted by Crippen LogP contribution is -2.48. The third kappa shape index (κ3) is 8.62. The SMILES string of the molecule is CC(C)CCO[C@@H](C)C(=O)NC1CCN(CCOc2ccc(Br)cc2)CC1. The van der Waals surface area contributed by atoms with Crippen molar-refractivity contribution in [2.24, 2.45) is 5.92 Å². The van der Waals surface area contributed by atoms with E-state index in [9.17, 15) is 4.79 Å². The van der Waals surface area contributed by atoms with Crippen LogP contribution < -0.4 is 10.1 Å². The van der Waals surface area contributed by atoms with Crippen LogP contribution in [-0.4, -0.2) is 55.8 Å². The lowest BCUT2D eigenvalue weighted by Gasteiger charge is -2.32. The third-order valence-corrected chi connectivity index (χ3v) is 5.38. The van der Waals surface area contributed by atoms with Gasteiger partial charge in [-0.3, -0.25) is 9.69 Å². The van der Waals surface area contributed by atoms with Crippen molar-refractivity contribution in [3.63, 3.8) is 0 Å². The molecule has 27 heavy (non-hydrogen) atoms. The molecule has 0 radical (unpaired) electrons. The van der Waals surface area contributed by atoms with Crippen LogP contribution in [0.2, 0.25) is 0 Å². The standard InChI is InChI=1S/C21H33BrN2O3/c1-16(2)10-14-26-17(3)21(25)23-19-8-11-24(12-9-19)13-15-27-20-6-4-18(22)5-7-20/h4-7,16-17,19H,8-15H2,1-3H3,(H,23,25)/t17-/m0/s1. The first-order valence-corrected chi connectivity index (χ1v) is 10.8. The highest BCUT2D eigenvalue weighted by Crippen LogP contribution is 2.16. The maximum absolute atomic E-state index is 12.2. The van der Waals surface area contributed by atoms with Crippen LogP contribution in [0.25, 0.3) is 0 Å². The van der Waals surface area contributed by atoms with Gasteiger partial charge in [-0.2, -0.15) is 0 Å². The minimum absolute atomic E-state index is 0.00998. The summed E-state index contributed by atoms with van der Waals surface area (Å²) >= 11 is 3.42. The van der Waals surface area contributed by atoms with Gasteiger partial charge in [0.05, 0.1) is 0 Å². The highest BCUT2D eigenvalue weighted by molar-refractivity contribution is 9.10. The van der Waals surface area contributed by atoms with Crippen LogP contribution in [-0.2, 0) is 9.53 Å². The van der Waals surface area contributed by atoms with Crippen LogP contribution in [0.3, 0.4) is 0 Å². The Labute approximate surface area is 171 Å². The molecule has 1 aromatic carbocycles. The molecule has 0 saturated carbocycles. The second-order valence-electron chi connectivity index (χ2n) is 7.62. The highest BCUT2D eigenvalue weighted by Gasteiger charge is 2.23. The maximum Gasteiger partial charge on any atom is 0.249 e. The van der Waals surface area contributed by atoms with E-state index in [4.69, 9.17) is 9.47 Å². The quantitative estimate of drug-likeness (QED) is 0.599. The molecule has 1 saturated heterocycles. The van der Waals surface area contributed by atoms with Gasteiger partial charge in [-0.05, 0) is 56.4 Å². The third-order valence-electron chi connectivity index (χ3n) is 4.86. The second-order valence-corrected chi connectivity index (χ2v) is 8.54. The monoisotopic (exact) mass is 440 g/mol. The summed E-state index contributed by atoms with van der Waals surface area (Å²) in [5.74, 6) is 1.50. The van der Waals surface area contributed by atoms with E-state index in [1.807, 2.05) is 31.2 Å². The number of rotatable bonds is 10. The summed E-state index contributed by atoms with van der Waals surface area (Å²) in [4.78, 5) is 14.6. The predicted octanol–water partition coefficient (Wildman–Crippen LogP) is 3.86. The van der Waals surface area contributed by atoms with Gasteiger partial charge in [0.1, 0.15) is 18.5 Å². The number of piperidine rings is 1. The van der Waals surface area contributed by atoms with E-state index in [-0.39, 0.29) is 18.1 Å². The van der Waals surface area contributed by atoms with Gasteiger partial charge in [0.2, 0.25) is 5.91 Å². The highest BCUT2D eigenvalue weighted by atomic mass is 79.9. The largest absolute Gasteiger partial charge is 0.492 e. The fraction of sp³-hybridized carbons (Fsp3) is 0.667. The van der Waals surface area contributed by atoms with Gasteiger partial charge in [-0.1, -0.05) is 29.8 Å². The zero-order valence-electron chi connectivity index (χ0n) is 16.7. The van der Waals surface area contributed by atoms with Gasteiger partial charge in [-0.25, -0.2) is 0 Å². The van der Waals surface area contributed by atoms with Gasteiger partial charge in [0.25, 0.3) is 0 Å². The first-order valence-electron chi connectivity index (χ1n) is 9.96. The van der Waals surface area contributed by atoms with Gasteiger partial charge < -0.3 is 14.8 Å². The van der Waals surface area contributed by atoms with Crippen molar-refractivity contribution in [1.82, 2.24) is 10.2 Å². The summed E-state index contributed by atoms with van der Waals surface area (Å²) in [5, 5.41) is 3.14. The molecule has 5 nitrogen and oxygen atoms in total. The van der Waals surface area contributed by atoms with Gasteiger partial charge in [0, 0.05) is 36.8 Å². The number of amides is 1. The van der Waals surface area contributed by atoms with E-state index in [1.54, 1.807) is 0 Å². The number of benzene rings is 1. The topological polar surface area (TPSA) is 50.8 Å². The van der Waals surface area contributed by atoms with Crippen molar-refractivity contribution < 1.29 is 14.3 Å². The first kappa shape index (κ1) is 22.2. The molecule has 1 N–H and O–H groups in total. The average Bonchev–Trinajstić information content (AvgIpc) is 2.64. The lowest BCUT2D eigenvalue weighted by atomic mass is 10.0. The van der Waals surface area contributed by atoms with Crippen molar-refractivity contribution in [3.05, 3.63) is 28.7 Å². The van der Waals surface area contributed by atoms with Crippen LogP contribution in [0.4, 0.5) is 0 Å². The summed E-state index contributed by atoms with van der Waals surface area (Å²) in [6.45, 7) is 10.4. The fourth-order valence-electron chi connectivity index (χ4n) is 3.00. The molecule has 2 rings (SSSR count).